The highest BCUT2D eigenvalue weighted by atomic mass is 16.5. The van der Waals surface area contributed by atoms with E-state index in [1.54, 1.807) is 14.2 Å². The summed E-state index contributed by atoms with van der Waals surface area (Å²) < 4.78 is 23.4. The summed E-state index contributed by atoms with van der Waals surface area (Å²) in [7, 11) is 3.24. The molecule has 1 N–H and O–H groups in total. The highest BCUT2D eigenvalue weighted by molar-refractivity contribution is 5.74. The molecular formula is C30H35NO6. The second-order valence-electron chi connectivity index (χ2n) is 9.01. The maximum atomic E-state index is 12.3. The van der Waals surface area contributed by atoms with Gasteiger partial charge in [0.1, 0.15) is 24.1 Å². The molecule has 1 heterocycles. The van der Waals surface area contributed by atoms with E-state index in [1.807, 2.05) is 73.7 Å². The number of piperidine rings is 1. The first-order valence-corrected chi connectivity index (χ1v) is 12.7. The first kappa shape index (κ1) is 26.4. The molecule has 0 saturated carbocycles. The van der Waals surface area contributed by atoms with Crippen LogP contribution in [0.4, 0.5) is 0 Å². The molecule has 1 aliphatic rings. The molecule has 0 bridgehead atoms. The lowest BCUT2D eigenvalue weighted by molar-refractivity contribution is -0.145. The van der Waals surface area contributed by atoms with Crippen molar-refractivity contribution in [3.63, 3.8) is 0 Å². The van der Waals surface area contributed by atoms with Crippen LogP contribution in [0.1, 0.15) is 48.9 Å². The topological polar surface area (TPSA) is 77.5 Å². The van der Waals surface area contributed by atoms with Crippen molar-refractivity contribution in [2.75, 3.05) is 27.4 Å². The van der Waals surface area contributed by atoms with E-state index < -0.39 is 12.0 Å². The summed E-state index contributed by atoms with van der Waals surface area (Å²) >= 11 is 0. The normalized spacial score (nSPS) is 16.6. The Bertz CT molecular complexity index is 1180. The Labute approximate surface area is 218 Å². The first-order chi connectivity index (χ1) is 18.0. The van der Waals surface area contributed by atoms with Crippen molar-refractivity contribution in [1.82, 2.24) is 4.90 Å². The van der Waals surface area contributed by atoms with Crippen LogP contribution in [0.25, 0.3) is 0 Å². The fourth-order valence-electron chi connectivity index (χ4n) is 4.95. The van der Waals surface area contributed by atoms with Gasteiger partial charge in [-0.2, -0.15) is 0 Å². The third kappa shape index (κ3) is 6.17. The maximum absolute atomic E-state index is 12.3. The summed E-state index contributed by atoms with van der Waals surface area (Å²) in [6, 6.07) is 20.5. The Balaban J connectivity index is 1.79. The molecule has 3 aromatic carbocycles. The summed E-state index contributed by atoms with van der Waals surface area (Å²) in [5.41, 5.74) is 2.80. The average molecular weight is 506 g/mol. The van der Waals surface area contributed by atoms with Crippen molar-refractivity contribution in [2.45, 2.75) is 44.9 Å². The van der Waals surface area contributed by atoms with Crippen molar-refractivity contribution in [3.05, 3.63) is 83.4 Å². The molecule has 7 heteroatoms. The highest BCUT2D eigenvalue weighted by Crippen LogP contribution is 2.42. The number of hydrogen-bond acceptors (Lipinski definition) is 6. The molecule has 1 saturated heterocycles. The van der Waals surface area contributed by atoms with E-state index in [2.05, 4.69) is 4.90 Å². The molecule has 0 radical (unpaired) electrons. The van der Waals surface area contributed by atoms with Gasteiger partial charge in [-0.3, -0.25) is 9.69 Å². The molecule has 3 aromatic rings. The number of likely N-dealkylation sites (tertiary alicyclic amines) is 1. The zero-order chi connectivity index (χ0) is 26.2. The SMILES string of the molecule is CCOc1cc(C(c2cc(OC)ccc2OC)N2CCCCC2C(=O)O)ccc1OCc1ccccc1. The number of nitrogens with zero attached hydrogens (tertiary/aromatic N) is 1. The zero-order valence-corrected chi connectivity index (χ0v) is 21.7. The number of methoxy groups -OCH3 is 2. The number of benzene rings is 3. The van der Waals surface area contributed by atoms with Crippen molar-refractivity contribution < 1.29 is 28.8 Å². The molecule has 2 atom stereocenters. The van der Waals surface area contributed by atoms with Gasteiger partial charge in [0.2, 0.25) is 0 Å². The molecule has 7 nitrogen and oxygen atoms in total. The van der Waals surface area contributed by atoms with Gasteiger partial charge in [0.15, 0.2) is 11.5 Å². The van der Waals surface area contributed by atoms with E-state index >= 15 is 0 Å². The number of carbonyl (C=O) groups is 1. The molecule has 0 aliphatic carbocycles. The highest BCUT2D eigenvalue weighted by Gasteiger charge is 2.37. The Hall–Kier alpha value is -3.71. The van der Waals surface area contributed by atoms with Gasteiger partial charge in [-0.1, -0.05) is 42.8 Å². The second kappa shape index (κ2) is 12.5. The Morgan fingerprint density at radius 2 is 1.73 bits per heavy atom. The third-order valence-electron chi connectivity index (χ3n) is 6.71. The summed E-state index contributed by atoms with van der Waals surface area (Å²) in [6.07, 6.45) is 2.39. The van der Waals surface area contributed by atoms with Gasteiger partial charge in [-0.05, 0) is 67.8 Å². The van der Waals surface area contributed by atoms with Crippen LogP contribution in [0.15, 0.2) is 66.7 Å². The van der Waals surface area contributed by atoms with Gasteiger partial charge in [0, 0.05) is 5.56 Å². The Morgan fingerprint density at radius 3 is 2.43 bits per heavy atom. The smallest absolute Gasteiger partial charge is 0.320 e. The lowest BCUT2D eigenvalue weighted by atomic mass is 9.90. The number of carboxylic acid groups (broad SMARTS) is 1. The third-order valence-corrected chi connectivity index (χ3v) is 6.71. The largest absolute Gasteiger partial charge is 0.497 e. The average Bonchev–Trinajstić information content (AvgIpc) is 2.93. The number of aliphatic carboxylic acids is 1. The molecule has 1 fully saturated rings. The monoisotopic (exact) mass is 505 g/mol. The summed E-state index contributed by atoms with van der Waals surface area (Å²) in [5.74, 6) is 1.78. The van der Waals surface area contributed by atoms with E-state index in [9.17, 15) is 9.90 Å². The van der Waals surface area contributed by atoms with E-state index in [0.29, 0.717) is 49.2 Å². The van der Waals surface area contributed by atoms with E-state index in [1.165, 1.54) is 0 Å². The summed E-state index contributed by atoms with van der Waals surface area (Å²) in [4.78, 5) is 14.4. The second-order valence-corrected chi connectivity index (χ2v) is 9.01. The molecule has 1 aliphatic heterocycles. The van der Waals surface area contributed by atoms with Crippen LogP contribution in [0, 0.1) is 0 Å². The molecule has 2 unspecified atom stereocenters. The van der Waals surface area contributed by atoms with E-state index in [4.69, 9.17) is 18.9 Å². The van der Waals surface area contributed by atoms with Crippen molar-refractivity contribution in [1.29, 1.82) is 0 Å². The van der Waals surface area contributed by atoms with Gasteiger partial charge < -0.3 is 24.1 Å². The number of rotatable bonds is 11. The van der Waals surface area contributed by atoms with Crippen LogP contribution in [0.5, 0.6) is 23.0 Å². The molecule has 37 heavy (non-hydrogen) atoms. The molecule has 196 valence electrons. The van der Waals surface area contributed by atoms with Crippen LogP contribution in [-0.4, -0.2) is 49.4 Å². The van der Waals surface area contributed by atoms with Crippen LogP contribution >= 0.6 is 0 Å². The van der Waals surface area contributed by atoms with Gasteiger partial charge >= 0.3 is 5.97 Å². The summed E-state index contributed by atoms with van der Waals surface area (Å²) in [5, 5.41) is 10.1. The van der Waals surface area contributed by atoms with Gasteiger partial charge in [0.25, 0.3) is 0 Å². The van der Waals surface area contributed by atoms with Crippen LogP contribution in [-0.2, 0) is 11.4 Å². The lowest BCUT2D eigenvalue weighted by Gasteiger charge is -2.40. The molecule has 0 amide bonds. The molecule has 4 rings (SSSR count). The van der Waals surface area contributed by atoms with E-state index in [0.717, 1.165) is 29.5 Å². The Kier molecular flexibility index (Phi) is 8.90. The van der Waals surface area contributed by atoms with Gasteiger partial charge in [0.05, 0.1) is 26.9 Å². The molecule has 0 spiro atoms. The number of carboxylic acids is 1. The minimum atomic E-state index is -0.820. The minimum absolute atomic E-state index is 0.381. The van der Waals surface area contributed by atoms with Crippen molar-refractivity contribution >= 4 is 5.97 Å². The Morgan fingerprint density at radius 1 is 0.946 bits per heavy atom. The van der Waals surface area contributed by atoms with E-state index in [-0.39, 0.29) is 6.04 Å². The van der Waals surface area contributed by atoms with Crippen molar-refractivity contribution in [2.24, 2.45) is 0 Å². The molecule has 0 aromatic heterocycles. The van der Waals surface area contributed by atoms with Crippen LogP contribution < -0.4 is 18.9 Å². The lowest BCUT2D eigenvalue weighted by Crippen LogP contribution is -2.46. The number of ether oxygens (including phenoxy) is 4. The molecular weight excluding hydrogens is 470 g/mol. The fourth-order valence-corrected chi connectivity index (χ4v) is 4.95. The van der Waals surface area contributed by atoms with Crippen LogP contribution in [0.2, 0.25) is 0 Å². The summed E-state index contributed by atoms with van der Waals surface area (Å²) in [6.45, 7) is 3.47. The van der Waals surface area contributed by atoms with Gasteiger partial charge in [-0.15, -0.1) is 0 Å². The van der Waals surface area contributed by atoms with Crippen molar-refractivity contribution in [3.8, 4) is 23.0 Å². The standard InChI is InChI=1S/C30H35NO6/c1-4-36-28-18-22(13-15-27(28)37-20-21-10-6-5-7-11-21)29(31-17-9-8-12-25(31)30(32)33)24-19-23(34-2)14-16-26(24)35-3/h5-7,10-11,13-16,18-19,25,29H,4,8-9,12,17,20H2,1-3H3,(H,32,33). The predicted octanol–water partition coefficient (Wildman–Crippen LogP) is 5.71. The maximum Gasteiger partial charge on any atom is 0.320 e. The number of hydrogen-bond donors (Lipinski definition) is 1. The predicted molar refractivity (Wildman–Crippen MR) is 142 cm³/mol. The quantitative estimate of drug-likeness (QED) is 0.358. The fraction of sp³-hybridized carbons (Fsp3) is 0.367. The van der Waals surface area contributed by atoms with Crippen LogP contribution in [0.3, 0.4) is 0 Å². The van der Waals surface area contributed by atoms with Gasteiger partial charge in [-0.25, -0.2) is 0 Å². The first-order valence-electron chi connectivity index (χ1n) is 12.7. The zero-order valence-electron chi connectivity index (χ0n) is 21.7. The minimum Gasteiger partial charge on any atom is -0.497 e.